The van der Waals surface area contributed by atoms with Crippen LogP contribution in [0.25, 0.3) is 0 Å². The van der Waals surface area contributed by atoms with E-state index in [1.807, 2.05) is 68.4 Å². The fourth-order valence-corrected chi connectivity index (χ4v) is 1.97. The Morgan fingerprint density at radius 3 is 2.45 bits per heavy atom. The van der Waals surface area contributed by atoms with Crippen LogP contribution in [0.3, 0.4) is 0 Å². The molecule has 2 rings (SSSR count). The van der Waals surface area contributed by atoms with Gasteiger partial charge < -0.3 is 10.1 Å². The molecular formula is C17H19NO2. The molecule has 1 amide bonds. The lowest BCUT2D eigenvalue weighted by Crippen LogP contribution is -2.31. The summed E-state index contributed by atoms with van der Waals surface area (Å²) >= 11 is 0. The predicted molar refractivity (Wildman–Crippen MR) is 79.7 cm³/mol. The molecule has 0 heterocycles. The van der Waals surface area contributed by atoms with Gasteiger partial charge in [-0.25, -0.2) is 0 Å². The summed E-state index contributed by atoms with van der Waals surface area (Å²) in [4.78, 5) is 11.9. The van der Waals surface area contributed by atoms with Crippen LogP contribution < -0.4 is 10.1 Å². The zero-order chi connectivity index (χ0) is 14.4. The van der Waals surface area contributed by atoms with Crippen LogP contribution in [0.5, 0.6) is 5.75 Å². The van der Waals surface area contributed by atoms with Gasteiger partial charge in [0.1, 0.15) is 5.75 Å². The number of hydrogen-bond acceptors (Lipinski definition) is 2. The molecular weight excluding hydrogens is 250 g/mol. The number of amides is 1. The Kier molecular flexibility index (Phi) is 4.77. The number of nitrogens with one attached hydrogen (secondary N) is 1. The van der Waals surface area contributed by atoms with Gasteiger partial charge in [0.05, 0.1) is 6.04 Å². The van der Waals surface area contributed by atoms with Gasteiger partial charge in [-0.3, -0.25) is 4.79 Å². The molecule has 0 saturated heterocycles. The molecule has 0 aliphatic rings. The Morgan fingerprint density at radius 1 is 1.10 bits per heavy atom. The summed E-state index contributed by atoms with van der Waals surface area (Å²) < 4.78 is 5.52. The Labute approximate surface area is 119 Å². The van der Waals surface area contributed by atoms with Gasteiger partial charge >= 0.3 is 0 Å². The Bertz CT molecular complexity index is 566. The van der Waals surface area contributed by atoms with E-state index in [4.69, 9.17) is 4.74 Å². The van der Waals surface area contributed by atoms with Crippen LogP contribution in [-0.4, -0.2) is 12.5 Å². The minimum absolute atomic E-state index is 0.0239. The van der Waals surface area contributed by atoms with Gasteiger partial charge in [0.2, 0.25) is 0 Å². The fourth-order valence-electron chi connectivity index (χ4n) is 1.97. The van der Waals surface area contributed by atoms with Gasteiger partial charge in [0.15, 0.2) is 6.61 Å². The van der Waals surface area contributed by atoms with Crippen LogP contribution in [0.4, 0.5) is 0 Å². The van der Waals surface area contributed by atoms with Gasteiger partial charge in [-0.1, -0.05) is 48.5 Å². The lowest BCUT2D eigenvalue weighted by molar-refractivity contribution is -0.123. The Balaban J connectivity index is 1.86. The van der Waals surface area contributed by atoms with Crippen LogP contribution in [0.1, 0.15) is 24.1 Å². The first-order valence-corrected chi connectivity index (χ1v) is 6.69. The zero-order valence-corrected chi connectivity index (χ0v) is 11.8. The number of rotatable bonds is 5. The summed E-state index contributed by atoms with van der Waals surface area (Å²) in [5.41, 5.74) is 2.10. The highest BCUT2D eigenvalue weighted by Crippen LogP contribution is 2.16. The molecule has 0 unspecified atom stereocenters. The van der Waals surface area contributed by atoms with Crippen molar-refractivity contribution in [1.82, 2.24) is 5.32 Å². The summed E-state index contributed by atoms with van der Waals surface area (Å²) in [5, 5.41) is 2.92. The van der Waals surface area contributed by atoms with Crippen molar-refractivity contribution in [3.8, 4) is 5.75 Å². The van der Waals surface area contributed by atoms with Crippen LogP contribution in [0.2, 0.25) is 0 Å². The van der Waals surface area contributed by atoms with E-state index in [0.717, 1.165) is 16.9 Å². The standard InChI is InChI=1S/C17H19NO2/c1-13-8-6-7-11-16(13)20-12-17(19)18-14(2)15-9-4-3-5-10-15/h3-11,14H,12H2,1-2H3,(H,18,19)/t14-/m0/s1. The number of carbonyl (C=O) groups excluding carboxylic acids is 1. The number of aryl methyl sites for hydroxylation is 1. The average molecular weight is 269 g/mol. The fraction of sp³-hybridized carbons (Fsp3) is 0.235. The minimum Gasteiger partial charge on any atom is -0.484 e. The molecule has 3 nitrogen and oxygen atoms in total. The second-order valence-electron chi connectivity index (χ2n) is 4.75. The molecule has 104 valence electrons. The molecule has 0 fully saturated rings. The minimum atomic E-state index is -0.121. The van der Waals surface area contributed by atoms with Gasteiger partial charge in [-0.2, -0.15) is 0 Å². The van der Waals surface area contributed by atoms with E-state index in [2.05, 4.69) is 5.32 Å². The van der Waals surface area contributed by atoms with E-state index in [0.29, 0.717) is 0 Å². The summed E-state index contributed by atoms with van der Waals surface area (Å²) in [5.74, 6) is 0.625. The molecule has 3 heteroatoms. The first-order chi connectivity index (χ1) is 9.66. The predicted octanol–water partition coefficient (Wildman–Crippen LogP) is 3.25. The zero-order valence-electron chi connectivity index (χ0n) is 11.8. The third-order valence-corrected chi connectivity index (χ3v) is 3.13. The number of carbonyl (C=O) groups is 1. The topological polar surface area (TPSA) is 38.3 Å². The second-order valence-corrected chi connectivity index (χ2v) is 4.75. The van der Waals surface area contributed by atoms with Crippen molar-refractivity contribution in [2.24, 2.45) is 0 Å². The molecule has 0 aliphatic heterocycles. The summed E-state index contributed by atoms with van der Waals surface area (Å²) in [7, 11) is 0. The number of hydrogen-bond donors (Lipinski definition) is 1. The molecule has 2 aromatic rings. The molecule has 0 aromatic heterocycles. The van der Waals surface area contributed by atoms with Crippen LogP contribution in [0, 0.1) is 6.92 Å². The van der Waals surface area contributed by atoms with Crippen molar-refractivity contribution >= 4 is 5.91 Å². The summed E-state index contributed by atoms with van der Waals surface area (Å²) in [6, 6.07) is 17.5. The van der Waals surface area contributed by atoms with Crippen molar-refractivity contribution in [3.05, 3.63) is 65.7 Å². The van der Waals surface area contributed by atoms with Gasteiger partial charge in [0.25, 0.3) is 5.91 Å². The summed E-state index contributed by atoms with van der Waals surface area (Å²) in [6.07, 6.45) is 0. The molecule has 0 saturated carbocycles. The first kappa shape index (κ1) is 14.1. The highest BCUT2D eigenvalue weighted by Gasteiger charge is 2.10. The number of para-hydroxylation sites is 1. The van der Waals surface area contributed by atoms with Crippen molar-refractivity contribution in [2.75, 3.05) is 6.61 Å². The maximum absolute atomic E-state index is 11.9. The van der Waals surface area contributed by atoms with Gasteiger partial charge in [0, 0.05) is 0 Å². The summed E-state index contributed by atoms with van der Waals surface area (Å²) in [6.45, 7) is 3.95. The molecule has 20 heavy (non-hydrogen) atoms. The third kappa shape index (κ3) is 3.85. The monoisotopic (exact) mass is 269 g/mol. The van der Waals surface area contributed by atoms with E-state index in [1.54, 1.807) is 0 Å². The molecule has 0 spiro atoms. The van der Waals surface area contributed by atoms with Crippen molar-refractivity contribution in [3.63, 3.8) is 0 Å². The highest BCUT2D eigenvalue weighted by molar-refractivity contribution is 5.78. The maximum Gasteiger partial charge on any atom is 0.258 e. The SMILES string of the molecule is Cc1ccccc1OCC(=O)N[C@@H](C)c1ccccc1. The van der Waals surface area contributed by atoms with Crippen LogP contribution >= 0.6 is 0 Å². The van der Waals surface area contributed by atoms with Crippen molar-refractivity contribution in [1.29, 1.82) is 0 Å². The lowest BCUT2D eigenvalue weighted by Gasteiger charge is -2.15. The Hall–Kier alpha value is -2.29. The number of ether oxygens (including phenoxy) is 1. The Morgan fingerprint density at radius 2 is 1.75 bits per heavy atom. The van der Waals surface area contributed by atoms with E-state index < -0.39 is 0 Å². The molecule has 0 bridgehead atoms. The molecule has 0 radical (unpaired) electrons. The maximum atomic E-state index is 11.9. The molecule has 0 aliphatic carbocycles. The van der Waals surface area contributed by atoms with Gasteiger partial charge in [-0.15, -0.1) is 0 Å². The smallest absolute Gasteiger partial charge is 0.258 e. The third-order valence-electron chi connectivity index (χ3n) is 3.13. The van der Waals surface area contributed by atoms with Gasteiger partial charge in [-0.05, 0) is 31.0 Å². The normalized spacial score (nSPS) is 11.7. The molecule has 1 atom stereocenters. The van der Waals surface area contributed by atoms with Crippen LogP contribution in [-0.2, 0) is 4.79 Å². The van der Waals surface area contributed by atoms with E-state index in [9.17, 15) is 4.79 Å². The van der Waals surface area contributed by atoms with E-state index >= 15 is 0 Å². The van der Waals surface area contributed by atoms with Crippen LogP contribution in [0.15, 0.2) is 54.6 Å². The highest BCUT2D eigenvalue weighted by atomic mass is 16.5. The lowest BCUT2D eigenvalue weighted by atomic mass is 10.1. The molecule has 1 N–H and O–H groups in total. The average Bonchev–Trinajstić information content (AvgIpc) is 2.47. The first-order valence-electron chi connectivity index (χ1n) is 6.69. The van der Waals surface area contributed by atoms with Crippen molar-refractivity contribution < 1.29 is 9.53 Å². The largest absolute Gasteiger partial charge is 0.484 e. The molecule has 2 aromatic carbocycles. The van der Waals surface area contributed by atoms with Crippen molar-refractivity contribution in [2.45, 2.75) is 19.9 Å². The van der Waals surface area contributed by atoms with E-state index in [-0.39, 0.29) is 18.6 Å². The quantitative estimate of drug-likeness (QED) is 0.904. The number of benzene rings is 2. The second kappa shape index (κ2) is 6.75. The van der Waals surface area contributed by atoms with E-state index in [1.165, 1.54) is 0 Å².